The summed E-state index contributed by atoms with van der Waals surface area (Å²) in [6.07, 6.45) is 1.62. The highest BCUT2D eigenvalue weighted by Gasteiger charge is 2.08. The van der Waals surface area contributed by atoms with E-state index in [1.165, 1.54) is 0 Å². The molecule has 0 amide bonds. The van der Waals surface area contributed by atoms with Crippen molar-refractivity contribution in [2.75, 3.05) is 19.0 Å². The lowest BCUT2D eigenvalue weighted by atomic mass is 10.1. The van der Waals surface area contributed by atoms with Crippen molar-refractivity contribution >= 4 is 16.7 Å². The first-order valence-electron chi connectivity index (χ1n) is 6.53. The maximum absolute atomic E-state index is 10.1. The topological polar surface area (TPSA) is 58.5 Å². The van der Waals surface area contributed by atoms with E-state index in [1.54, 1.807) is 29.3 Å². The van der Waals surface area contributed by atoms with Gasteiger partial charge in [-0.05, 0) is 22.9 Å². The van der Waals surface area contributed by atoms with Gasteiger partial charge in [0.1, 0.15) is 0 Å². The minimum absolute atomic E-state index is 0.0821. The number of phenolic OH excluding ortho intramolecular Hbond substituents is 1. The second kappa shape index (κ2) is 5.28. The summed E-state index contributed by atoms with van der Waals surface area (Å²) in [6, 6.07) is 12.9. The number of fused-ring (bicyclic) bond motifs is 1. The van der Waals surface area contributed by atoms with E-state index in [9.17, 15) is 5.11 Å². The molecule has 0 unspecified atom stereocenters. The fraction of sp³-hybridized carbons (Fsp3) is 0.125. The molecule has 0 radical (unpaired) electrons. The molecule has 0 bridgehead atoms. The molecule has 0 atom stereocenters. The highest BCUT2D eigenvalue weighted by atomic mass is 16.5. The number of aromatic hydroxyl groups is 1. The van der Waals surface area contributed by atoms with Crippen LogP contribution in [0.5, 0.6) is 17.4 Å². The summed E-state index contributed by atoms with van der Waals surface area (Å²) in [4.78, 5) is 10.2. The molecule has 106 valence electrons. The smallest absolute Gasteiger partial charge is 0.228 e. The number of aromatic nitrogens is 2. The monoisotopic (exact) mass is 281 g/mol. The van der Waals surface area contributed by atoms with Gasteiger partial charge in [0.2, 0.25) is 11.8 Å². The minimum atomic E-state index is 0.0821. The van der Waals surface area contributed by atoms with E-state index >= 15 is 0 Å². The predicted molar refractivity (Wildman–Crippen MR) is 82.0 cm³/mol. The molecular formula is C16H15N3O2. The molecule has 0 saturated heterocycles. The van der Waals surface area contributed by atoms with Crippen LogP contribution in [0.2, 0.25) is 0 Å². The third-order valence-electron chi connectivity index (χ3n) is 3.06. The van der Waals surface area contributed by atoms with Gasteiger partial charge in [-0.15, -0.1) is 0 Å². The van der Waals surface area contributed by atoms with Gasteiger partial charge < -0.3 is 14.7 Å². The quantitative estimate of drug-likeness (QED) is 0.799. The fourth-order valence-corrected chi connectivity index (χ4v) is 2.01. The van der Waals surface area contributed by atoms with E-state index in [4.69, 9.17) is 4.74 Å². The van der Waals surface area contributed by atoms with Crippen LogP contribution in [-0.4, -0.2) is 29.2 Å². The summed E-state index contributed by atoms with van der Waals surface area (Å²) in [6.45, 7) is 0. The number of benzene rings is 2. The average Bonchev–Trinajstić information content (AvgIpc) is 2.48. The molecule has 1 N–H and O–H groups in total. The van der Waals surface area contributed by atoms with Crippen molar-refractivity contribution in [2.24, 2.45) is 0 Å². The zero-order valence-corrected chi connectivity index (χ0v) is 11.8. The Balaban J connectivity index is 1.97. The van der Waals surface area contributed by atoms with E-state index in [0.29, 0.717) is 17.6 Å². The standard InChI is InChI=1S/C16H15N3O2/c1-19(2)16-17-8-7-15(18-16)21-14-10-12-6-4-3-5-11(12)9-13(14)20/h3-10,20H,1-2H3. The Hall–Kier alpha value is -2.82. The largest absolute Gasteiger partial charge is 0.504 e. The van der Waals surface area contributed by atoms with Crippen molar-refractivity contribution in [2.45, 2.75) is 0 Å². The zero-order valence-electron chi connectivity index (χ0n) is 11.8. The number of hydrogen-bond acceptors (Lipinski definition) is 5. The minimum Gasteiger partial charge on any atom is -0.504 e. The Morgan fingerprint density at radius 1 is 1.05 bits per heavy atom. The summed E-state index contributed by atoms with van der Waals surface area (Å²) < 4.78 is 5.68. The van der Waals surface area contributed by atoms with Crippen LogP contribution in [0.25, 0.3) is 10.8 Å². The van der Waals surface area contributed by atoms with E-state index in [1.807, 2.05) is 38.4 Å². The van der Waals surface area contributed by atoms with Crippen LogP contribution in [-0.2, 0) is 0 Å². The molecule has 21 heavy (non-hydrogen) atoms. The van der Waals surface area contributed by atoms with Gasteiger partial charge in [-0.2, -0.15) is 4.98 Å². The van der Waals surface area contributed by atoms with Crippen molar-refractivity contribution in [3.05, 3.63) is 48.7 Å². The summed E-state index contributed by atoms with van der Waals surface area (Å²) in [5, 5.41) is 12.0. The van der Waals surface area contributed by atoms with Crippen LogP contribution in [0, 0.1) is 0 Å². The molecule has 3 rings (SSSR count). The van der Waals surface area contributed by atoms with Gasteiger partial charge in [0.25, 0.3) is 0 Å². The van der Waals surface area contributed by atoms with Crippen LogP contribution in [0.1, 0.15) is 0 Å². The lowest BCUT2D eigenvalue weighted by Gasteiger charge is -2.12. The first kappa shape index (κ1) is 13.2. The number of rotatable bonds is 3. The number of nitrogens with zero attached hydrogens (tertiary/aromatic N) is 3. The van der Waals surface area contributed by atoms with E-state index in [2.05, 4.69) is 9.97 Å². The lowest BCUT2D eigenvalue weighted by Crippen LogP contribution is -2.12. The molecule has 0 spiro atoms. The molecule has 2 aromatic carbocycles. The van der Waals surface area contributed by atoms with Crippen LogP contribution < -0.4 is 9.64 Å². The van der Waals surface area contributed by atoms with Crippen LogP contribution >= 0.6 is 0 Å². The fourth-order valence-electron chi connectivity index (χ4n) is 2.01. The molecule has 1 heterocycles. The van der Waals surface area contributed by atoms with Crippen molar-refractivity contribution in [1.29, 1.82) is 0 Å². The zero-order chi connectivity index (χ0) is 14.8. The Morgan fingerprint density at radius 2 is 1.76 bits per heavy atom. The maximum atomic E-state index is 10.1. The van der Waals surface area contributed by atoms with Gasteiger partial charge in [0.05, 0.1) is 0 Å². The van der Waals surface area contributed by atoms with Crippen molar-refractivity contribution in [3.63, 3.8) is 0 Å². The van der Waals surface area contributed by atoms with Crippen LogP contribution in [0.15, 0.2) is 48.7 Å². The highest BCUT2D eigenvalue weighted by Crippen LogP contribution is 2.34. The van der Waals surface area contributed by atoms with Crippen molar-refractivity contribution in [3.8, 4) is 17.4 Å². The molecular weight excluding hydrogens is 266 g/mol. The van der Waals surface area contributed by atoms with E-state index in [0.717, 1.165) is 10.8 Å². The first-order chi connectivity index (χ1) is 10.1. The molecule has 3 aromatic rings. The molecule has 0 aliphatic rings. The Bertz CT molecular complexity index is 787. The van der Waals surface area contributed by atoms with Crippen molar-refractivity contribution < 1.29 is 9.84 Å². The molecule has 0 saturated carbocycles. The van der Waals surface area contributed by atoms with Gasteiger partial charge in [0.15, 0.2) is 11.5 Å². The van der Waals surface area contributed by atoms with Crippen LogP contribution in [0.3, 0.4) is 0 Å². The average molecular weight is 281 g/mol. The van der Waals surface area contributed by atoms with E-state index in [-0.39, 0.29) is 5.75 Å². The normalized spacial score (nSPS) is 10.6. The third-order valence-corrected chi connectivity index (χ3v) is 3.06. The molecule has 5 heteroatoms. The summed E-state index contributed by atoms with van der Waals surface area (Å²) in [7, 11) is 3.71. The summed E-state index contributed by atoms with van der Waals surface area (Å²) in [5.41, 5.74) is 0. The molecule has 0 aliphatic heterocycles. The third kappa shape index (κ3) is 2.72. The Morgan fingerprint density at radius 3 is 2.48 bits per heavy atom. The van der Waals surface area contributed by atoms with E-state index < -0.39 is 0 Å². The van der Waals surface area contributed by atoms with Gasteiger partial charge in [-0.1, -0.05) is 24.3 Å². The van der Waals surface area contributed by atoms with Gasteiger partial charge in [0, 0.05) is 26.4 Å². The molecule has 1 aromatic heterocycles. The Kier molecular flexibility index (Phi) is 3.31. The first-order valence-corrected chi connectivity index (χ1v) is 6.53. The summed E-state index contributed by atoms with van der Waals surface area (Å²) >= 11 is 0. The molecule has 5 nitrogen and oxygen atoms in total. The highest BCUT2D eigenvalue weighted by molar-refractivity contribution is 5.86. The number of ether oxygens (including phenoxy) is 1. The van der Waals surface area contributed by atoms with Gasteiger partial charge in [-0.3, -0.25) is 0 Å². The molecule has 0 aliphatic carbocycles. The maximum Gasteiger partial charge on any atom is 0.228 e. The lowest BCUT2D eigenvalue weighted by molar-refractivity contribution is 0.403. The summed E-state index contributed by atoms with van der Waals surface area (Å²) in [5.74, 6) is 1.39. The number of anilines is 1. The molecule has 0 fully saturated rings. The Labute approximate surface area is 122 Å². The van der Waals surface area contributed by atoms with Gasteiger partial charge >= 0.3 is 0 Å². The van der Waals surface area contributed by atoms with Gasteiger partial charge in [-0.25, -0.2) is 4.98 Å². The second-order valence-corrected chi connectivity index (χ2v) is 4.86. The predicted octanol–water partition coefficient (Wildman–Crippen LogP) is 3.19. The SMILES string of the molecule is CN(C)c1nccc(Oc2cc3ccccc3cc2O)n1. The van der Waals surface area contributed by atoms with Crippen molar-refractivity contribution in [1.82, 2.24) is 9.97 Å². The second-order valence-electron chi connectivity index (χ2n) is 4.86. The number of phenols is 1. The number of hydrogen-bond donors (Lipinski definition) is 1. The van der Waals surface area contributed by atoms with Crippen LogP contribution in [0.4, 0.5) is 5.95 Å².